The van der Waals surface area contributed by atoms with Crippen molar-refractivity contribution in [1.29, 1.82) is 0 Å². The van der Waals surface area contributed by atoms with Gasteiger partial charge in [0.05, 0.1) is 18.6 Å². The van der Waals surface area contributed by atoms with E-state index >= 15 is 0 Å². The van der Waals surface area contributed by atoms with Crippen molar-refractivity contribution < 1.29 is 27.9 Å². The zero-order chi connectivity index (χ0) is 25.2. The second kappa shape index (κ2) is 10.1. The van der Waals surface area contributed by atoms with E-state index in [1.54, 1.807) is 72.8 Å². The van der Waals surface area contributed by atoms with E-state index < -0.39 is 30.6 Å². The number of rotatable bonds is 6. The standard InChI is InChI=1S/C26H22ClF3N2O3/c27-21-8-4-1-5-18(21)13-32-23(17-11-9-16(14-33)10-12-17)22(24(34)31-15-26(28,29)30)19-6-2-3-7-20(19)25(32)35/h1-12,22-23,33H,13-15H2,(H,31,34)/t22-,23+/m1/s1. The molecule has 0 bridgehead atoms. The average Bonchev–Trinajstić information content (AvgIpc) is 2.85. The first kappa shape index (κ1) is 24.8. The van der Waals surface area contributed by atoms with Gasteiger partial charge < -0.3 is 15.3 Å². The Morgan fingerprint density at radius 2 is 1.66 bits per heavy atom. The summed E-state index contributed by atoms with van der Waals surface area (Å²) in [6, 6.07) is 19.1. The summed E-state index contributed by atoms with van der Waals surface area (Å²) >= 11 is 6.35. The fourth-order valence-electron chi connectivity index (χ4n) is 4.35. The van der Waals surface area contributed by atoms with Gasteiger partial charge in [0.25, 0.3) is 5.91 Å². The van der Waals surface area contributed by atoms with Gasteiger partial charge in [-0.1, -0.05) is 72.3 Å². The molecule has 0 aliphatic carbocycles. The molecule has 2 amide bonds. The van der Waals surface area contributed by atoms with Gasteiger partial charge in [-0.25, -0.2) is 0 Å². The van der Waals surface area contributed by atoms with E-state index in [4.69, 9.17) is 11.6 Å². The maximum absolute atomic E-state index is 13.7. The molecular formula is C26H22ClF3N2O3. The van der Waals surface area contributed by atoms with Crippen LogP contribution in [0.15, 0.2) is 72.8 Å². The third kappa shape index (κ3) is 5.33. The van der Waals surface area contributed by atoms with E-state index in [-0.39, 0.29) is 24.6 Å². The van der Waals surface area contributed by atoms with E-state index in [1.807, 2.05) is 5.32 Å². The van der Waals surface area contributed by atoms with Crippen LogP contribution in [0.1, 0.15) is 44.6 Å². The van der Waals surface area contributed by atoms with Gasteiger partial charge in [-0.2, -0.15) is 13.2 Å². The highest BCUT2D eigenvalue weighted by molar-refractivity contribution is 6.31. The molecule has 2 atom stereocenters. The number of alkyl halides is 3. The lowest BCUT2D eigenvalue weighted by atomic mass is 9.78. The molecule has 0 unspecified atom stereocenters. The maximum Gasteiger partial charge on any atom is 0.405 e. The highest BCUT2D eigenvalue weighted by Crippen LogP contribution is 2.44. The van der Waals surface area contributed by atoms with Crippen LogP contribution in [0.3, 0.4) is 0 Å². The predicted molar refractivity (Wildman–Crippen MR) is 125 cm³/mol. The number of benzene rings is 3. The number of fused-ring (bicyclic) bond motifs is 1. The Morgan fingerprint density at radius 3 is 2.31 bits per heavy atom. The zero-order valence-electron chi connectivity index (χ0n) is 18.4. The molecule has 0 radical (unpaired) electrons. The number of amides is 2. The molecule has 0 fully saturated rings. The summed E-state index contributed by atoms with van der Waals surface area (Å²) in [5.41, 5.74) is 2.39. The van der Waals surface area contributed by atoms with Crippen molar-refractivity contribution in [3.63, 3.8) is 0 Å². The Kier molecular flexibility index (Phi) is 7.14. The molecule has 1 aliphatic heterocycles. The third-order valence-electron chi connectivity index (χ3n) is 5.99. The molecule has 9 heteroatoms. The van der Waals surface area contributed by atoms with Crippen LogP contribution in [0.2, 0.25) is 5.02 Å². The highest BCUT2D eigenvalue weighted by Gasteiger charge is 2.44. The first-order chi connectivity index (χ1) is 16.7. The fourth-order valence-corrected chi connectivity index (χ4v) is 4.54. The van der Waals surface area contributed by atoms with Gasteiger partial charge in [-0.05, 0) is 34.4 Å². The van der Waals surface area contributed by atoms with Gasteiger partial charge in [0.1, 0.15) is 6.54 Å². The Bertz CT molecular complexity index is 1230. The summed E-state index contributed by atoms with van der Waals surface area (Å²) < 4.78 is 38.8. The van der Waals surface area contributed by atoms with Crippen LogP contribution < -0.4 is 5.32 Å². The minimum absolute atomic E-state index is 0.0440. The zero-order valence-corrected chi connectivity index (χ0v) is 19.2. The van der Waals surface area contributed by atoms with Crippen LogP contribution in [0.25, 0.3) is 0 Å². The number of aliphatic hydroxyl groups is 1. The molecule has 0 saturated heterocycles. The Morgan fingerprint density at radius 1 is 1.00 bits per heavy atom. The molecule has 35 heavy (non-hydrogen) atoms. The second-order valence-corrected chi connectivity index (χ2v) is 8.67. The molecule has 4 rings (SSSR count). The van der Waals surface area contributed by atoms with Crippen LogP contribution in [0.4, 0.5) is 13.2 Å². The number of aliphatic hydroxyl groups excluding tert-OH is 1. The summed E-state index contributed by atoms with van der Waals surface area (Å²) in [6.45, 7) is -1.65. The van der Waals surface area contributed by atoms with Gasteiger partial charge in [-0.3, -0.25) is 9.59 Å². The molecule has 3 aromatic carbocycles. The van der Waals surface area contributed by atoms with Crippen LogP contribution in [-0.2, 0) is 17.9 Å². The van der Waals surface area contributed by atoms with Crippen LogP contribution in [-0.4, -0.2) is 34.5 Å². The topological polar surface area (TPSA) is 69.6 Å². The summed E-state index contributed by atoms with van der Waals surface area (Å²) in [4.78, 5) is 28.4. The van der Waals surface area contributed by atoms with E-state index in [9.17, 15) is 27.9 Å². The van der Waals surface area contributed by atoms with E-state index in [1.165, 1.54) is 4.90 Å². The van der Waals surface area contributed by atoms with E-state index in [2.05, 4.69) is 0 Å². The normalized spacial score (nSPS) is 17.7. The second-order valence-electron chi connectivity index (χ2n) is 8.27. The van der Waals surface area contributed by atoms with Gasteiger partial charge in [0, 0.05) is 17.1 Å². The van der Waals surface area contributed by atoms with Crippen molar-refractivity contribution in [2.24, 2.45) is 0 Å². The van der Waals surface area contributed by atoms with Crippen LogP contribution in [0, 0.1) is 0 Å². The number of carbonyl (C=O) groups is 2. The Hall–Kier alpha value is -3.36. The Balaban J connectivity index is 1.85. The number of hydrogen-bond donors (Lipinski definition) is 2. The highest BCUT2D eigenvalue weighted by atomic mass is 35.5. The molecular weight excluding hydrogens is 481 g/mol. The summed E-state index contributed by atoms with van der Waals surface area (Å²) in [6.07, 6.45) is -4.59. The SMILES string of the molecule is O=C(NCC(F)(F)F)[C@@H]1c2ccccc2C(=O)N(Cc2ccccc2Cl)[C@H]1c1ccc(CO)cc1. The van der Waals surface area contributed by atoms with Crippen molar-refractivity contribution in [1.82, 2.24) is 10.2 Å². The predicted octanol–water partition coefficient (Wildman–Crippen LogP) is 4.99. The number of hydrogen-bond acceptors (Lipinski definition) is 3. The molecule has 1 heterocycles. The lowest BCUT2D eigenvalue weighted by Gasteiger charge is -2.42. The minimum Gasteiger partial charge on any atom is -0.392 e. The summed E-state index contributed by atoms with van der Waals surface area (Å²) in [5.74, 6) is -2.31. The molecule has 0 aromatic heterocycles. The number of nitrogens with zero attached hydrogens (tertiary/aromatic N) is 1. The smallest absolute Gasteiger partial charge is 0.392 e. The number of nitrogens with one attached hydrogen (secondary N) is 1. The first-order valence-electron chi connectivity index (χ1n) is 10.9. The number of halogens is 4. The molecule has 5 nitrogen and oxygen atoms in total. The monoisotopic (exact) mass is 502 g/mol. The molecule has 0 spiro atoms. The van der Waals surface area contributed by atoms with Gasteiger partial charge in [-0.15, -0.1) is 0 Å². The quantitative estimate of drug-likeness (QED) is 0.499. The largest absolute Gasteiger partial charge is 0.405 e. The third-order valence-corrected chi connectivity index (χ3v) is 6.36. The lowest BCUT2D eigenvalue weighted by molar-refractivity contribution is -0.140. The van der Waals surface area contributed by atoms with E-state index in [0.717, 1.165) is 0 Å². The Labute approximate surface area is 205 Å². The molecule has 3 aromatic rings. The summed E-state index contributed by atoms with van der Waals surface area (Å²) in [5, 5.41) is 11.8. The number of carbonyl (C=O) groups excluding carboxylic acids is 2. The summed E-state index contributed by atoms with van der Waals surface area (Å²) in [7, 11) is 0. The van der Waals surface area contributed by atoms with E-state index in [0.29, 0.717) is 27.3 Å². The molecule has 1 aliphatic rings. The van der Waals surface area contributed by atoms with Gasteiger partial charge in [0.2, 0.25) is 5.91 Å². The molecule has 0 saturated carbocycles. The fraction of sp³-hybridized carbons (Fsp3) is 0.231. The van der Waals surface area contributed by atoms with Gasteiger partial charge >= 0.3 is 6.18 Å². The molecule has 2 N–H and O–H groups in total. The van der Waals surface area contributed by atoms with Crippen LogP contribution >= 0.6 is 11.6 Å². The minimum atomic E-state index is -4.59. The van der Waals surface area contributed by atoms with Crippen molar-refractivity contribution in [2.75, 3.05) is 6.54 Å². The van der Waals surface area contributed by atoms with Crippen molar-refractivity contribution in [3.8, 4) is 0 Å². The van der Waals surface area contributed by atoms with Crippen molar-refractivity contribution in [3.05, 3.63) is 106 Å². The maximum atomic E-state index is 13.7. The van der Waals surface area contributed by atoms with Crippen molar-refractivity contribution in [2.45, 2.75) is 31.3 Å². The molecule has 182 valence electrons. The average molecular weight is 503 g/mol. The van der Waals surface area contributed by atoms with Crippen molar-refractivity contribution >= 4 is 23.4 Å². The van der Waals surface area contributed by atoms with Gasteiger partial charge in [0.15, 0.2) is 0 Å². The first-order valence-corrected chi connectivity index (χ1v) is 11.2. The lowest BCUT2D eigenvalue weighted by Crippen LogP contribution is -2.48. The van der Waals surface area contributed by atoms with Crippen LogP contribution in [0.5, 0.6) is 0 Å².